The second-order valence-corrected chi connectivity index (χ2v) is 13.5. The molecule has 4 amide bonds. The highest BCUT2D eigenvalue weighted by Crippen LogP contribution is 2.28. The Labute approximate surface area is 305 Å². The van der Waals surface area contributed by atoms with Crippen molar-refractivity contribution in [2.45, 2.75) is 70.7 Å². The molecule has 3 aliphatic heterocycles. The monoisotopic (exact) mass is 721 g/mol. The van der Waals surface area contributed by atoms with Gasteiger partial charge >= 0.3 is 0 Å². The summed E-state index contributed by atoms with van der Waals surface area (Å²) in [7, 11) is 1.75. The molecule has 0 aliphatic carbocycles. The van der Waals surface area contributed by atoms with Crippen LogP contribution in [0.1, 0.15) is 73.9 Å². The van der Waals surface area contributed by atoms with Crippen LogP contribution < -0.4 is 16.0 Å². The van der Waals surface area contributed by atoms with E-state index in [9.17, 15) is 28.8 Å². The molecule has 0 bridgehead atoms. The molecule has 1 atom stereocenters. The quantitative estimate of drug-likeness (QED) is 0.129. The zero-order valence-electron chi connectivity index (χ0n) is 29.5. The molecule has 51 heavy (non-hydrogen) atoms. The average Bonchev–Trinajstić information content (AvgIpc) is 3.12. The van der Waals surface area contributed by atoms with E-state index in [0.717, 1.165) is 6.29 Å². The number of likely N-dealkylation sites (tertiary alicyclic amines) is 1. The van der Waals surface area contributed by atoms with E-state index in [1.54, 1.807) is 53.2 Å². The van der Waals surface area contributed by atoms with Gasteiger partial charge in [-0.3, -0.25) is 39.0 Å². The van der Waals surface area contributed by atoms with E-state index in [2.05, 4.69) is 20.3 Å². The Bertz CT molecular complexity index is 1560. The molecule has 12 nitrogen and oxygen atoms in total. The minimum Gasteiger partial charge on any atom is -0.376 e. The Balaban J connectivity index is 0.00000230. The van der Waals surface area contributed by atoms with Crippen LogP contribution >= 0.6 is 11.9 Å². The maximum atomic E-state index is 15.3. The van der Waals surface area contributed by atoms with Crippen molar-refractivity contribution in [1.82, 2.24) is 19.4 Å². The lowest BCUT2D eigenvalue weighted by Gasteiger charge is -2.32. The Kier molecular flexibility index (Phi) is 16.3. The number of piperidine rings is 3. The van der Waals surface area contributed by atoms with Crippen LogP contribution in [-0.4, -0.2) is 104 Å². The number of rotatable bonds is 12. The highest BCUT2D eigenvalue weighted by molar-refractivity contribution is 7.96. The molecule has 0 spiro atoms. The number of nitrogens with zero attached hydrogens (tertiary/aromatic N) is 3. The summed E-state index contributed by atoms with van der Waals surface area (Å²) in [5, 5.41) is 8.25. The summed E-state index contributed by atoms with van der Waals surface area (Å²) >= 11 is 1.48. The van der Waals surface area contributed by atoms with Gasteiger partial charge in [-0.05, 0) is 44.0 Å². The van der Waals surface area contributed by atoms with Gasteiger partial charge in [-0.2, -0.15) is 0 Å². The van der Waals surface area contributed by atoms with Gasteiger partial charge in [-0.15, -0.1) is 0 Å². The van der Waals surface area contributed by atoms with Crippen molar-refractivity contribution in [2.75, 3.05) is 50.4 Å². The zero-order chi connectivity index (χ0) is 36.2. The number of benzene rings is 2. The molecule has 3 saturated heterocycles. The van der Waals surface area contributed by atoms with Crippen LogP contribution in [0.15, 0.2) is 36.4 Å². The van der Waals surface area contributed by atoms with Crippen LogP contribution in [0, 0.1) is 11.7 Å². The summed E-state index contributed by atoms with van der Waals surface area (Å²) in [5.41, 5.74) is 2.27. The van der Waals surface area contributed by atoms with E-state index in [4.69, 9.17) is 0 Å². The molecule has 2 aromatic rings. The number of likely N-dealkylation sites (N-methyl/N-ethyl adjacent to an activating group) is 1. The number of ketones is 1. The molecule has 273 valence electrons. The van der Waals surface area contributed by atoms with Crippen LogP contribution in [-0.2, 0) is 36.3 Å². The standard InChI is InChI=1S/C34H41FN6O6S.C2H6.B/c1-39(29-8-9-30(44)38-34(29)47)19-26-23(20-42)4-2-6-27(26)36-18-31(45)40-14-10-22(11-15-40)33(46)37-28-7-3-5-24(32(28)35)21-48-41-16-12-25(43)13-17-41;1-2;/h2-7,20,22,29,36H,8-19,21H2,1H3,(H,37,46)(H,38,44,47);1-2H3;. The molecular weight excluding hydrogens is 674 g/mol. The van der Waals surface area contributed by atoms with Crippen molar-refractivity contribution in [3.05, 3.63) is 58.9 Å². The van der Waals surface area contributed by atoms with Gasteiger partial charge in [0.1, 0.15) is 12.1 Å². The topological polar surface area (TPSA) is 148 Å². The number of nitrogens with one attached hydrogen (secondary N) is 3. The zero-order valence-corrected chi connectivity index (χ0v) is 30.4. The first-order valence-corrected chi connectivity index (χ1v) is 18.2. The third-order valence-electron chi connectivity index (χ3n) is 9.16. The van der Waals surface area contributed by atoms with Crippen molar-refractivity contribution in [3.63, 3.8) is 0 Å². The lowest BCUT2D eigenvalue weighted by atomic mass is 9.95. The summed E-state index contributed by atoms with van der Waals surface area (Å²) < 4.78 is 17.3. The number of anilines is 2. The van der Waals surface area contributed by atoms with Crippen LogP contribution in [0.25, 0.3) is 0 Å². The van der Waals surface area contributed by atoms with Crippen molar-refractivity contribution in [3.8, 4) is 0 Å². The van der Waals surface area contributed by atoms with Gasteiger partial charge in [-0.1, -0.05) is 50.1 Å². The Morgan fingerprint density at radius 1 is 0.980 bits per heavy atom. The number of aldehydes is 1. The smallest absolute Gasteiger partial charge is 0.243 e. The Morgan fingerprint density at radius 3 is 2.31 bits per heavy atom. The average molecular weight is 722 g/mol. The first kappa shape index (κ1) is 41.3. The third-order valence-corrected chi connectivity index (χ3v) is 10.3. The largest absolute Gasteiger partial charge is 0.376 e. The van der Waals surface area contributed by atoms with Gasteiger partial charge in [0.05, 0.1) is 18.3 Å². The minimum absolute atomic E-state index is 0. The van der Waals surface area contributed by atoms with Crippen molar-refractivity contribution < 1.29 is 33.2 Å². The van der Waals surface area contributed by atoms with E-state index in [0.29, 0.717) is 86.4 Å². The van der Waals surface area contributed by atoms with E-state index in [-0.39, 0.29) is 68.9 Å². The molecule has 3 heterocycles. The number of hydrogen-bond acceptors (Lipinski definition) is 10. The Hall–Kier alpha value is -4.08. The van der Waals surface area contributed by atoms with E-state index >= 15 is 4.39 Å². The fourth-order valence-corrected chi connectivity index (χ4v) is 7.23. The summed E-state index contributed by atoms with van der Waals surface area (Å²) in [4.78, 5) is 77.0. The van der Waals surface area contributed by atoms with Crippen LogP contribution in [0.4, 0.5) is 15.8 Å². The number of imide groups is 1. The van der Waals surface area contributed by atoms with E-state index < -0.39 is 11.9 Å². The summed E-state index contributed by atoms with van der Waals surface area (Å²) in [6, 6.07) is 9.59. The maximum Gasteiger partial charge on any atom is 0.243 e. The highest BCUT2D eigenvalue weighted by Gasteiger charge is 2.31. The second kappa shape index (κ2) is 20.1. The SMILES string of the molecule is CC.CN(Cc1c(C=O)cccc1NCC(=O)N1CCC(C(=O)Nc2cccc(CSN3CCC(=O)CC3)c2F)CC1)C1CCC(=O)NC1=O.[B]. The summed E-state index contributed by atoms with van der Waals surface area (Å²) in [6.45, 7) is 6.26. The van der Waals surface area contributed by atoms with E-state index in [1.807, 2.05) is 13.8 Å². The van der Waals surface area contributed by atoms with Crippen LogP contribution in [0.3, 0.4) is 0 Å². The van der Waals surface area contributed by atoms with Gasteiger partial charge in [0.2, 0.25) is 23.6 Å². The second-order valence-electron chi connectivity index (χ2n) is 12.4. The first-order valence-electron chi connectivity index (χ1n) is 17.2. The molecule has 3 fully saturated rings. The first-order chi connectivity index (χ1) is 24.1. The van der Waals surface area contributed by atoms with E-state index in [1.165, 1.54) is 11.9 Å². The predicted octanol–water partition coefficient (Wildman–Crippen LogP) is 3.62. The normalized spacial score (nSPS) is 18.3. The van der Waals surface area contributed by atoms with Crippen molar-refractivity contribution in [1.29, 1.82) is 0 Å². The van der Waals surface area contributed by atoms with Crippen molar-refractivity contribution >= 4 is 67.4 Å². The van der Waals surface area contributed by atoms with Crippen molar-refractivity contribution in [2.24, 2.45) is 5.92 Å². The lowest BCUT2D eigenvalue weighted by Crippen LogP contribution is -2.51. The molecule has 3 N–H and O–H groups in total. The number of amides is 4. The van der Waals surface area contributed by atoms with Gasteiger partial charge in [0, 0.05) is 88.9 Å². The molecule has 0 aromatic heterocycles. The number of carbonyl (C=O) groups excluding carboxylic acids is 6. The van der Waals surface area contributed by atoms with Gasteiger partial charge in [0.15, 0.2) is 5.82 Å². The van der Waals surface area contributed by atoms with Gasteiger partial charge < -0.3 is 15.5 Å². The highest BCUT2D eigenvalue weighted by atomic mass is 32.2. The molecule has 3 radical (unpaired) electrons. The molecule has 2 aromatic carbocycles. The third kappa shape index (κ3) is 11.2. The fourth-order valence-electron chi connectivity index (χ4n) is 6.24. The molecule has 1 unspecified atom stereocenters. The summed E-state index contributed by atoms with van der Waals surface area (Å²) in [5.74, 6) is -1.31. The molecular formula is C36H47BFN6O6S. The summed E-state index contributed by atoms with van der Waals surface area (Å²) in [6.07, 6.45) is 3.24. The number of halogens is 1. The molecule has 3 aliphatic rings. The van der Waals surface area contributed by atoms with Gasteiger partial charge in [0.25, 0.3) is 0 Å². The molecule has 0 saturated carbocycles. The number of carbonyl (C=O) groups is 6. The molecule has 15 heteroatoms. The fraction of sp³-hybridized carbons (Fsp3) is 0.500. The lowest BCUT2D eigenvalue weighted by molar-refractivity contribution is -0.137. The minimum atomic E-state index is -0.520. The predicted molar refractivity (Wildman–Crippen MR) is 197 cm³/mol. The number of hydrogen-bond donors (Lipinski definition) is 3. The molecule has 5 rings (SSSR count). The number of Topliss-reactive ketones (excluding diaryl/α,β-unsaturated/α-hetero) is 1. The Morgan fingerprint density at radius 2 is 1.65 bits per heavy atom. The van der Waals surface area contributed by atoms with Gasteiger partial charge in [-0.25, -0.2) is 8.70 Å². The maximum absolute atomic E-state index is 15.3. The van der Waals surface area contributed by atoms with Crippen LogP contribution in [0.5, 0.6) is 0 Å². The van der Waals surface area contributed by atoms with Crippen LogP contribution in [0.2, 0.25) is 0 Å².